The molecule has 0 fully saturated rings. The summed E-state index contributed by atoms with van der Waals surface area (Å²) in [4.78, 5) is 4.56. The number of halogens is 1. The Kier molecular flexibility index (Phi) is 5.01. The lowest BCUT2D eigenvalue weighted by Gasteiger charge is -2.15. The predicted octanol–water partition coefficient (Wildman–Crippen LogP) is 5.64. The Morgan fingerprint density at radius 3 is 2.89 bits per heavy atom. The summed E-state index contributed by atoms with van der Waals surface area (Å²) in [5.41, 5.74) is 5.86. The van der Waals surface area contributed by atoms with E-state index in [1.54, 1.807) is 0 Å². The molecule has 0 bridgehead atoms. The number of nitrogens with zero attached hydrogens (tertiary/aromatic N) is 2. The van der Waals surface area contributed by atoms with Gasteiger partial charge in [0.1, 0.15) is 17.5 Å². The molecule has 27 heavy (non-hydrogen) atoms. The van der Waals surface area contributed by atoms with E-state index in [2.05, 4.69) is 65.0 Å². The number of benzene rings is 1. The maximum absolute atomic E-state index is 6.17. The van der Waals surface area contributed by atoms with Crippen LogP contribution < -0.4 is 5.32 Å². The number of pyridine rings is 1. The topological polar surface area (TPSA) is 39.1 Å². The zero-order valence-corrected chi connectivity index (χ0v) is 17.9. The number of ether oxygens (including phenoxy) is 1. The highest BCUT2D eigenvalue weighted by molar-refractivity contribution is 6.76. The van der Waals surface area contributed by atoms with Gasteiger partial charge < -0.3 is 14.6 Å². The number of fused-ring (bicyclic) bond motifs is 2. The highest BCUT2D eigenvalue weighted by Gasteiger charge is 2.16. The van der Waals surface area contributed by atoms with Crippen LogP contribution in [0.25, 0.3) is 22.2 Å². The van der Waals surface area contributed by atoms with E-state index < -0.39 is 8.07 Å². The van der Waals surface area contributed by atoms with Gasteiger partial charge in [-0.25, -0.2) is 4.98 Å². The third-order valence-corrected chi connectivity index (χ3v) is 6.96. The van der Waals surface area contributed by atoms with Crippen LogP contribution >= 0.6 is 11.6 Å². The predicted molar refractivity (Wildman–Crippen MR) is 116 cm³/mol. The molecule has 1 aliphatic heterocycles. The van der Waals surface area contributed by atoms with E-state index in [1.807, 2.05) is 6.07 Å². The van der Waals surface area contributed by atoms with Crippen molar-refractivity contribution in [3.05, 3.63) is 47.2 Å². The van der Waals surface area contributed by atoms with Crippen molar-refractivity contribution < 1.29 is 4.74 Å². The fraction of sp³-hybridized carbons (Fsp3) is 0.381. The zero-order chi connectivity index (χ0) is 19.0. The molecular weight excluding hydrogens is 374 g/mol. The Labute approximate surface area is 166 Å². The average Bonchev–Trinajstić information content (AvgIpc) is 3.21. The molecule has 1 N–H and O–H groups in total. The second-order valence-electron chi connectivity index (χ2n) is 8.41. The van der Waals surface area contributed by atoms with Crippen LogP contribution in [0, 0.1) is 0 Å². The van der Waals surface area contributed by atoms with Gasteiger partial charge >= 0.3 is 0 Å². The molecule has 0 unspecified atom stereocenters. The minimum absolute atomic E-state index is 0.498. The molecule has 0 amide bonds. The minimum Gasteiger partial charge on any atom is -0.384 e. The molecule has 0 saturated carbocycles. The maximum atomic E-state index is 6.17. The molecule has 0 aliphatic carbocycles. The lowest BCUT2D eigenvalue weighted by atomic mass is 10.0. The van der Waals surface area contributed by atoms with Crippen molar-refractivity contribution in [2.75, 3.05) is 18.5 Å². The summed E-state index contributed by atoms with van der Waals surface area (Å²) in [5, 5.41) is 5.07. The summed E-state index contributed by atoms with van der Waals surface area (Å²) in [6, 6.07) is 11.7. The van der Waals surface area contributed by atoms with Gasteiger partial charge in [-0.05, 0) is 41.8 Å². The lowest BCUT2D eigenvalue weighted by Crippen LogP contribution is -2.22. The number of anilines is 1. The van der Waals surface area contributed by atoms with Crippen molar-refractivity contribution in [2.24, 2.45) is 0 Å². The first-order valence-corrected chi connectivity index (χ1v) is 13.6. The molecule has 0 spiro atoms. The van der Waals surface area contributed by atoms with Gasteiger partial charge in [-0.1, -0.05) is 43.4 Å². The van der Waals surface area contributed by atoms with Crippen molar-refractivity contribution in [2.45, 2.75) is 38.8 Å². The molecular formula is C21H26ClN3OSi. The molecule has 142 valence electrons. The highest BCUT2D eigenvalue weighted by Crippen LogP contribution is 2.34. The van der Waals surface area contributed by atoms with Crippen LogP contribution in [0.1, 0.15) is 5.56 Å². The maximum Gasteiger partial charge on any atom is 0.144 e. The van der Waals surface area contributed by atoms with Gasteiger partial charge in [0.05, 0.1) is 0 Å². The van der Waals surface area contributed by atoms with E-state index in [0.29, 0.717) is 11.9 Å². The van der Waals surface area contributed by atoms with Gasteiger partial charge in [-0.15, -0.1) is 0 Å². The smallest absolute Gasteiger partial charge is 0.144 e. The minimum atomic E-state index is -1.09. The van der Waals surface area contributed by atoms with E-state index in [9.17, 15) is 0 Å². The first-order valence-electron chi connectivity index (χ1n) is 9.51. The molecule has 6 heteroatoms. The van der Waals surface area contributed by atoms with E-state index in [-0.39, 0.29) is 0 Å². The first-order chi connectivity index (χ1) is 12.9. The van der Waals surface area contributed by atoms with Gasteiger partial charge in [0.25, 0.3) is 0 Å². The summed E-state index contributed by atoms with van der Waals surface area (Å²) in [6.45, 7) is 9.39. The average molecular weight is 400 g/mol. The Bertz CT molecular complexity index is 977. The fourth-order valence-electron chi connectivity index (χ4n) is 3.47. The Morgan fingerprint density at radius 1 is 1.22 bits per heavy atom. The van der Waals surface area contributed by atoms with E-state index in [4.69, 9.17) is 16.3 Å². The molecule has 0 atom stereocenters. The molecule has 0 saturated heterocycles. The van der Waals surface area contributed by atoms with Crippen molar-refractivity contribution >= 4 is 36.4 Å². The van der Waals surface area contributed by atoms with Crippen LogP contribution in [0.5, 0.6) is 0 Å². The molecule has 2 aromatic heterocycles. The normalized spacial score (nSPS) is 13.8. The van der Waals surface area contributed by atoms with Gasteiger partial charge in [-0.2, -0.15) is 0 Å². The quantitative estimate of drug-likeness (QED) is 0.331. The zero-order valence-electron chi connectivity index (χ0n) is 16.2. The standard InChI is InChI=1S/C21H26ClN3OSi/c1-27(2,3)11-10-26-14-25-13-18(17-6-7-20(22)24-21(17)25)16-5-4-15-8-9-23-19(15)12-16/h4-7,12-13,23H,8-11,14H2,1-3H3. The van der Waals surface area contributed by atoms with Crippen LogP contribution in [-0.2, 0) is 17.9 Å². The van der Waals surface area contributed by atoms with E-state index in [0.717, 1.165) is 36.6 Å². The highest BCUT2D eigenvalue weighted by atomic mass is 35.5. The summed E-state index contributed by atoms with van der Waals surface area (Å²) in [7, 11) is -1.09. The third kappa shape index (κ3) is 4.05. The van der Waals surface area contributed by atoms with Crippen LogP contribution in [0.15, 0.2) is 36.5 Å². The molecule has 0 radical (unpaired) electrons. The Morgan fingerprint density at radius 2 is 2.07 bits per heavy atom. The lowest BCUT2D eigenvalue weighted by molar-refractivity contribution is 0.0899. The number of rotatable bonds is 6. The number of nitrogens with one attached hydrogen (secondary N) is 1. The second-order valence-corrected chi connectivity index (χ2v) is 14.4. The van der Waals surface area contributed by atoms with Crippen LogP contribution in [-0.4, -0.2) is 30.8 Å². The SMILES string of the molecule is C[Si](C)(C)CCOCn1cc(-c2ccc3c(c2)NCC3)c2ccc(Cl)nc21. The number of hydrogen-bond donors (Lipinski definition) is 1. The summed E-state index contributed by atoms with van der Waals surface area (Å²) >= 11 is 6.17. The molecule has 1 aliphatic rings. The van der Waals surface area contributed by atoms with E-state index >= 15 is 0 Å². The first kappa shape index (κ1) is 18.5. The van der Waals surface area contributed by atoms with Crippen molar-refractivity contribution in [1.82, 2.24) is 9.55 Å². The third-order valence-electron chi connectivity index (χ3n) is 5.05. The molecule has 1 aromatic carbocycles. The summed E-state index contributed by atoms with van der Waals surface area (Å²) in [6.07, 6.45) is 3.23. The van der Waals surface area contributed by atoms with Crippen LogP contribution in [0.3, 0.4) is 0 Å². The molecule has 4 rings (SSSR count). The largest absolute Gasteiger partial charge is 0.384 e. The molecule has 3 aromatic rings. The van der Waals surface area contributed by atoms with Crippen LogP contribution in [0.2, 0.25) is 30.8 Å². The summed E-state index contributed by atoms with van der Waals surface area (Å²) < 4.78 is 8.04. The van der Waals surface area contributed by atoms with Crippen LogP contribution in [0.4, 0.5) is 5.69 Å². The van der Waals surface area contributed by atoms with Crippen molar-refractivity contribution in [3.8, 4) is 11.1 Å². The van der Waals surface area contributed by atoms with Gasteiger partial charge in [0.15, 0.2) is 0 Å². The monoisotopic (exact) mass is 399 g/mol. The number of hydrogen-bond acceptors (Lipinski definition) is 3. The number of aromatic nitrogens is 2. The van der Waals surface area contributed by atoms with Crippen molar-refractivity contribution in [1.29, 1.82) is 0 Å². The Hall–Kier alpha value is -1.82. The Balaban J connectivity index is 1.65. The molecule has 4 nitrogen and oxygen atoms in total. The van der Waals surface area contributed by atoms with Crippen molar-refractivity contribution in [3.63, 3.8) is 0 Å². The fourth-order valence-corrected chi connectivity index (χ4v) is 4.37. The molecule has 3 heterocycles. The van der Waals surface area contributed by atoms with Gasteiger partial charge in [-0.3, -0.25) is 0 Å². The second kappa shape index (κ2) is 7.30. The van der Waals surface area contributed by atoms with Gasteiger partial charge in [0, 0.05) is 44.1 Å². The van der Waals surface area contributed by atoms with Gasteiger partial charge in [0.2, 0.25) is 0 Å². The van der Waals surface area contributed by atoms with E-state index in [1.165, 1.54) is 22.4 Å². The summed E-state index contributed by atoms with van der Waals surface area (Å²) in [5.74, 6) is 0.